The van der Waals surface area contributed by atoms with E-state index in [9.17, 15) is 0 Å². The summed E-state index contributed by atoms with van der Waals surface area (Å²) in [7, 11) is 0. The Balaban J connectivity index is 2.65. The lowest BCUT2D eigenvalue weighted by molar-refractivity contribution is 0.208. The molecule has 0 radical (unpaired) electrons. The van der Waals surface area contributed by atoms with Crippen LogP contribution in [-0.2, 0) is 6.42 Å². The van der Waals surface area contributed by atoms with Gasteiger partial charge in [-0.1, -0.05) is 38.5 Å². The maximum Gasteiger partial charge on any atom is 0.122 e. The first-order chi connectivity index (χ1) is 6.77. The molecule has 0 aliphatic heterocycles. The molecule has 78 valence electrons. The van der Waals surface area contributed by atoms with Crippen LogP contribution in [0.3, 0.4) is 0 Å². The molecule has 14 heavy (non-hydrogen) atoms. The van der Waals surface area contributed by atoms with Gasteiger partial charge in [-0.3, -0.25) is 0 Å². The number of para-hydroxylation sites is 1. The molecule has 0 aliphatic rings. The third kappa shape index (κ3) is 3.06. The van der Waals surface area contributed by atoms with E-state index in [1.54, 1.807) is 0 Å². The van der Waals surface area contributed by atoms with Gasteiger partial charge in [-0.25, -0.2) is 0 Å². The fourth-order valence-electron chi connectivity index (χ4n) is 1.59. The zero-order valence-electron chi connectivity index (χ0n) is 9.42. The van der Waals surface area contributed by atoms with Gasteiger partial charge in [0.2, 0.25) is 0 Å². The van der Waals surface area contributed by atoms with Crippen molar-refractivity contribution in [2.24, 2.45) is 0 Å². The Morgan fingerprint density at radius 1 is 1.21 bits per heavy atom. The summed E-state index contributed by atoms with van der Waals surface area (Å²) in [5, 5.41) is 0. The molecule has 0 heterocycles. The summed E-state index contributed by atoms with van der Waals surface area (Å²) in [6, 6.07) is 8.29. The van der Waals surface area contributed by atoms with Crippen LogP contribution in [0, 0.1) is 0 Å². The molecular formula is C13H20O. The van der Waals surface area contributed by atoms with Gasteiger partial charge in [-0.2, -0.15) is 0 Å². The fraction of sp³-hybridized carbons (Fsp3) is 0.538. The van der Waals surface area contributed by atoms with E-state index >= 15 is 0 Å². The van der Waals surface area contributed by atoms with Crippen LogP contribution in [0.1, 0.15) is 39.2 Å². The molecule has 1 atom stereocenters. The van der Waals surface area contributed by atoms with E-state index < -0.39 is 0 Å². The molecule has 1 unspecified atom stereocenters. The number of aryl methyl sites for hydroxylation is 1. The van der Waals surface area contributed by atoms with Crippen molar-refractivity contribution in [3.05, 3.63) is 29.8 Å². The van der Waals surface area contributed by atoms with E-state index in [1.165, 1.54) is 12.0 Å². The van der Waals surface area contributed by atoms with Crippen LogP contribution in [0.2, 0.25) is 0 Å². The molecule has 0 bridgehead atoms. The molecule has 0 fully saturated rings. The molecule has 1 aromatic rings. The second-order valence-electron chi connectivity index (χ2n) is 3.68. The first kappa shape index (κ1) is 11.1. The summed E-state index contributed by atoms with van der Waals surface area (Å²) >= 11 is 0. The topological polar surface area (TPSA) is 9.23 Å². The van der Waals surface area contributed by atoms with Crippen LogP contribution >= 0.6 is 0 Å². The normalized spacial score (nSPS) is 12.5. The largest absolute Gasteiger partial charge is 0.490 e. The highest BCUT2D eigenvalue weighted by Crippen LogP contribution is 2.20. The van der Waals surface area contributed by atoms with E-state index in [-0.39, 0.29) is 0 Å². The standard InChI is InChI=1S/C13H20O/c1-4-8-11(3)14-13-10-7-6-9-12(13)5-2/h6-7,9-11H,4-5,8H2,1-3H3. The van der Waals surface area contributed by atoms with Crippen LogP contribution in [0.4, 0.5) is 0 Å². The molecule has 0 spiro atoms. The molecule has 0 N–H and O–H groups in total. The Bertz CT molecular complexity index is 268. The van der Waals surface area contributed by atoms with Crippen molar-refractivity contribution >= 4 is 0 Å². The number of hydrogen-bond acceptors (Lipinski definition) is 1. The minimum atomic E-state index is 0.327. The van der Waals surface area contributed by atoms with E-state index in [4.69, 9.17) is 4.74 Å². The summed E-state index contributed by atoms with van der Waals surface area (Å²) in [5.74, 6) is 1.05. The summed E-state index contributed by atoms with van der Waals surface area (Å²) in [6.07, 6.45) is 3.66. The monoisotopic (exact) mass is 192 g/mol. The molecule has 0 aliphatic carbocycles. The molecule has 1 heteroatoms. The van der Waals surface area contributed by atoms with Gasteiger partial charge in [0, 0.05) is 0 Å². The zero-order valence-corrected chi connectivity index (χ0v) is 9.42. The minimum absolute atomic E-state index is 0.327. The lowest BCUT2D eigenvalue weighted by Crippen LogP contribution is -2.11. The lowest BCUT2D eigenvalue weighted by Gasteiger charge is -2.16. The van der Waals surface area contributed by atoms with Crippen molar-refractivity contribution < 1.29 is 4.74 Å². The Hall–Kier alpha value is -0.980. The third-order valence-corrected chi connectivity index (χ3v) is 2.38. The van der Waals surface area contributed by atoms with Crippen molar-refractivity contribution in [3.8, 4) is 5.75 Å². The van der Waals surface area contributed by atoms with Crippen LogP contribution in [0.15, 0.2) is 24.3 Å². The highest BCUT2D eigenvalue weighted by atomic mass is 16.5. The first-order valence-electron chi connectivity index (χ1n) is 5.52. The van der Waals surface area contributed by atoms with Gasteiger partial charge in [0.25, 0.3) is 0 Å². The van der Waals surface area contributed by atoms with E-state index in [1.807, 2.05) is 6.07 Å². The molecule has 0 amide bonds. The van der Waals surface area contributed by atoms with Crippen molar-refractivity contribution in [2.75, 3.05) is 0 Å². The second kappa shape index (κ2) is 5.69. The molecular weight excluding hydrogens is 172 g/mol. The maximum atomic E-state index is 5.88. The van der Waals surface area contributed by atoms with Crippen molar-refractivity contribution in [1.29, 1.82) is 0 Å². The highest BCUT2D eigenvalue weighted by molar-refractivity contribution is 5.33. The molecule has 1 aromatic carbocycles. The Morgan fingerprint density at radius 3 is 2.57 bits per heavy atom. The Labute approximate surface area is 87.1 Å². The Morgan fingerprint density at radius 2 is 1.93 bits per heavy atom. The average molecular weight is 192 g/mol. The van der Waals surface area contributed by atoms with E-state index in [0.29, 0.717) is 6.10 Å². The van der Waals surface area contributed by atoms with Crippen molar-refractivity contribution in [2.45, 2.75) is 46.1 Å². The number of ether oxygens (including phenoxy) is 1. The van der Waals surface area contributed by atoms with Crippen LogP contribution in [-0.4, -0.2) is 6.10 Å². The van der Waals surface area contributed by atoms with Crippen LogP contribution in [0.25, 0.3) is 0 Å². The first-order valence-corrected chi connectivity index (χ1v) is 5.52. The molecule has 0 aromatic heterocycles. The highest BCUT2D eigenvalue weighted by Gasteiger charge is 2.05. The summed E-state index contributed by atoms with van der Waals surface area (Å²) in [4.78, 5) is 0. The number of hydrogen-bond donors (Lipinski definition) is 0. The van der Waals surface area contributed by atoms with Gasteiger partial charge in [0.15, 0.2) is 0 Å². The molecule has 0 saturated carbocycles. The number of rotatable bonds is 5. The fourth-order valence-corrected chi connectivity index (χ4v) is 1.59. The second-order valence-corrected chi connectivity index (χ2v) is 3.68. The predicted octanol–water partition coefficient (Wildman–Crippen LogP) is 3.82. The predicted molar refractivity (Wildman–Crippen MR) is 60.8 cm³/mol. The molecule has 1 nitrogen and oxygen atoms in total. The number of benzene rings is 1. The lowest BCUT2D eigenvalue weighted by atomic mass is 10.1. The van der Waals surface area contributed by atoms with E-state index in [0.717, 1.165) is 18.6 Å². The van der Waals surface area contributed by atoms with Gasteiger partial charge >= 0.3 is 0 Å². The Kier molecular flexibility index (Phi) is 4.51. The quantitative estimate of drug-likeness (QED) is 0.689. The molecule has 1 rings (SSSR count). The average Bonchev–Trinajstić information content (AvgIpc) is 2.19. The van der Waals surface area contributed by atoms with Gasteiger partial charge in [-0.05, 0) is 31.4 Å². The van der Waals surface area contributed by atoms with Crippen molar-refractivity contribution in [1.82, 2.24) is 0 Å². The van der Waals surface area contributed by atoms with Crippen LogP contribution < -0.4 is 4.74 Å². The summed E-state index contributed by atoms with van der Waals surface area (Å²) in [5.41, 5.74) is 1.30. The van der Waals surface area contributed by atoms with Crippen molar-refractivity contribution in [3.63, 3.8) is 0 Å². The summed E-state index contributed by atoms with van der Waals surface area (Å²) in [6.45, 7) is 6.48. The van der Waals surface area contributed by atoms with Gasteiger partial charge in [0.05, 0.1) is 6.10 Å². The van der Waals surface area contributed by atoms with Gasteiger partial charge in [-0.15, -0.1) is 0 Å². The third-order valence-electron chi connectivity index (χ3n) is 2.38. The minimum Gasteiger partial charge on any atom is -0.490 e. The van der Waals surface area contributed by atoms with Crippen LogP contribution in [0.5, 0.6) is 5.75 Å². The summed E-state index contributed by atoms with van der Waals surface area (Å²) < 4.78 is 5.88. The zero-order chi connectivity index (χ0) is 10.4. The SMILES string of the molecule is CCCC(C)Oc1ccccc1CC. The van der Waals surface area contributed by atoms with Gasteiger partial charge in [0.1, 0.15) is 5.75 Å². The smallest absolute Gasteiger partial charge is 0.122 e. The van der Waals surface area contributed by atoms with Gasteiger partial charge < -0.3 is 4.74 Å². The molecule has 0 saturated heterocycles. The maximum absolute atomic E-state index is 5.88. The van der Waals surface area contributed by atoms with E-state index in [2.05, 4.69) is 39.0 Å².